The molecule has 1 aromatic heterocycles. The summed E-state index contributed by atoms with van der Waals surface area (Å²) in [6, 6.07) is 11.4. The van der Waals surface area contributed by atoms with Crippen LogP contribution in [-0.4, -0.2) is 44.4 Å². The molecule has 0 atom stereocenters. The van der Waals surface area contributed by atoms with Crippen LogP contribution < -0.4 is 4.74 Å². The minimum Gasteiger partial charge on any atom is -0.437 e. The fourth-order valence-corrected chi connectivity index (χ4v) is 3.50. The molecule has 168 valence electrons. The second-order valence-electron chi connectivity index (χ2n) is 7.53. The fourth-order valence-electron chi connectivity index (χ4n) is 3.37. The van der Waals surface area contributed by atoms with Crippen molar-refractivity contribution >= 4 is 11.6 Å². The second kappa shape index (κ2) is 9.40. The average Bonchev–Trinajstić information content (AvgIpc) is 2.77. The first kappa shape index (κ1) is 22.4. The molecule has 32 heavy (non-hydrogen) atoms. The molecular formula is C22H20ClF3N4O2. The van der Waals surface area contributed by atoms with Crippen molar-refractivity contribution in [3.8, 4) is 23.0 Å². The monoisotopic (exact) mass is 464 g/mol. The highest BCUT2D eigenvalue weighted by atomic mass is 35.5. The predicted octanol–water partition coefficient (Wildman–Crippen LogP) is 4.96. The van der Waals surface area contributed by atoms with Crippen LogP contribution in [0.3, 0.4) is 0 Å². The molecule has 0 saturated carbocycles. The summed E-state index contributed by atoms with van der Waals surface area (Å²) < 4.78 is 45.3. The normalized spacial score (nSPS) is 15.7. The maximum atomic E-state index is 13.1. The van der Waals surface area contributed by atoms with Gasteiger partial charge in [0.05, 0.1) is 11.7 Å². The Morgan fingerprint density at radius 2 is 1.78 bits per heavy atom. The van der Waals surface area contributed by atoms with Gasteiger partial charge in [0, 0.05) is 30.2 Å². The lowest BCUT2D eigenvalue weighted by atomic mass is 10.1. The number of hydrogen-bond donors (Lipinski definition) is 1. The molecule has 1 fully saturated rings. The van der Waals surface area contributed by atoms with Crippen molar-refractivity contribution in [2.75, 3.05) is 13.1 Å². The van der Waals surface area contributed by atoms with Crippen molar-refractivity contribution in [1.29, 1.82) is 0 Å². The summed E-state index contributed by atoms with van der Waals surface area (Å²) in [6.45, 7) is 1.75. The molecule has 0 amide bonds. The molecule has 1 N–H and O–H groups in total. The van der Waals surface area contributed by atoms with Crippen molar-refractivity contribution in [2.45, 2.75) is 31.7 Å². The van der Waals surface area contributed by atoms with Gasteiger partial charge in [0.1, 0.15) is 11.4 Å². The summed E-state index contributed by atoms with van der Waals surface area (Å²) in [7, 11) is 0. The van der Waals surface area contributed by atoms with Gasteiger partial charge in [0.25, 0.3) is 0 Å². The van der Waals surface area contributed by atoms with Crippen LogP contribution in [-0.2, 0) is 12.7 Å². The number of likely N-dealkylation sites (tertiary alicyclic amines) is 1. The van der Waals surface area contributed by atoms with E-state index in [1.165, 1.54) is 12.1 Å². The Hall–Kier alpha value is -2.75. The summed E-state index contributed by atoms with van der Waals surface area (Å²) in [6.07, 6.45) is -3.50. The Labute approximate surface area is 187 Å². The number of nitrogens with zero attached hydrogens (tertiary/aromatic N) is 4. The molecule has 0 spiro atoms. The topological polar surface area (TPSA) is 71.4 Å². The van der Waals surface area contributed by atoms with Crippen LogP contribution in [0.25, 0.3) is 11.4 Å². The summed E-state index contributed by atoms with van der Waals surface area (Å²) >= 11 is 5.93. The van der Waals surface area contributed by atoms with Gasteiger partial charge < -0.3 is 9.84 Å². The third-order valence-corrected chi connectivity index (χ3v) is 5.38. The van der Waals surface area contributed by atoms with Crippen LogP contribution in [0.5, 0.6) is 11.6 Å². The molecule has 0 bridgehead atoms. The number of piperidine rings is 1. The number of alkyl halides is 3. The van der Waals surface area contributed by atoms with Crippen molar-refractivity contribution in [2.24, 2.45) is 0 Å². The largest absolute Gasteiger partial charge is 0.437 e. The van der Waals surface area contributed by atoms with Gasteiger partial charge in [-0.05, 0) is 49.2 Å². The molecular weight excluding hydrogens is 445 g/mol. The maximum absolute atomic E-state index is 13.1. The van der Waals surface area contributed by atoms with E-state index in [0.29, 0.717) is 48.9 Å². The van der Waals surface area contributed by atoms with E-state index in [1.807, 2.05) is 0 Å². The van der Waals surface area contributed by atoms with Crippen LogP contribution in [0.4, 0.5) is 13.2 Å². The molecule has 1 aliphatic rings. The third kappa shape index (κ3) is 5.53. The fraction of sp³-hybridized carbons (Fsp3) is 0.318. The number of benzene rings is 2. The van der Waals surface area contributed by atoms with Gasteiger partial charge in [-0.2, -0.15) is 18.2 Å². The Morgan fingerprint density at radius 3 is 2.47 bits per heavy atom. The summed E-state index contributed by atoms with van der Waals surface area (Å²) in [5.74, 6) is 0.638. The van der Waals surface area contributed by atoms with Gasteiger partial charge in [-0.15, -0.1) is 10.2 Å². The summed E-state index contributed by atoms with van der Waals surface area (Å²) in [5, 5.41) is 18.5. The lowest BCUT2D eigenvalue weighted by Gasteiger charge is -2.29. The highest BCUT2D eigenvalue weighted by molar-refractivity contribution is 6.30. The molecule has 0 aliphatic carbocycles. The lowest BCUT2D eigenvalue weighted by Crippen LogP contribution is -2.35. The predicted molar refractivity (Wildman–Crippen MR) is 112 cm³/mol. The van der Waals surface area contributed by atoms with Crippen molar-refractivity contribution in [3.63, 3.8) is 0 Å². The smallest absolute Gasteiger partial charge is 0.416 e. The van der Waals surface area contributed by atoms with Crippen molar-refractivity contribution in [3.05, 3.63) is 64.8 Å². The molecule has 6 nitrogen and oxygen atoms in total. The molecule has 2 aromatic carbocycles. The molecule has 0 unspecified atom stereocenters. The van der Waals surface area contributed by atoms with E-state index in [4.69, 9.17) is 16.3 Å². The van der Waals surface area contributed by atoms with E-state index in [9.17, 15) is 18.3 Å². The molecule has 10 heteroatoms. The van der Waals surface area contributed by atoms with Gasteiger partial charge in [-0.1, -0.05) is 23.7 Å². The van der Waals surface area contributed by atoms with Crippen molar-refractivity contribution in [1.82, 2.24) is 20.1 Å². The quantitative estimate of drug-likeness (QED) is 0.575. The van der Waals surface area contributed by atoms with Crippen LogP contribution in [0.15, 0.2) is 48.5 Å². The van der Waals surface area contributed by atoms with Gasteiger partial charge in [0.15, 0.2) is 5.82 Å². The van der Waals surface area contributed by atoms with Gasteiger partial charge in [0.2, 0.25) is 5.88 Å². The summed E-state index contributed by atoms with van der Waals surface area (Å²) in [5.41, 5.74) is -0.164. The first-order valence-electron chi connectivity index (χ1n) is 10.0. The van der Waals surface area contributed by atoms with E-state index in [0.717, 1.165) is 12.1 Å². The number of halogens is 4. The first-order valence-corrected chi connectivity index (χ1v) is 10.4. The van der Waals surface area contributed by atoms with Crippen molar-refractivity contribution < 1.29 is 23.0 Å². The Bertz CT molecular complexity index is 1070. The zero-order valence-electron chi connectivity index (χ0n) is 16.9. The number of aromatic nitrogens is 3. The minimum atomic E-state index is -4.48. The molecule has 1 saturated heterocycles. The Balaban J connectivity index is 1.66. The van der Waals surface area contributed by atoms with Gasteiger partial charge in [-0.25, -0.2) is 0 Å². The van der Waals surface area contributed by atoms with E-state index < -0.39 is 11.7 Å². The number of ether oxygens (including phenoxy) is 1. The molecule has 3 aromatic rings. The first-order chi connectivity index (χ1) is 15.3. The molecule has 4 rings (SSSR count). The average molecular weight is 465 g/mol. The highest BCUT2D eigenvalue weighted by Gasteiger charge is 2.31. The van der Waals surface area contributed by atoms with E-state index in [1.54, 1.807) is 24.3 Å². The Morgan fingerprint density at radius 1 is 1.06 bits per heavy atom. The molecule has 0 radical (unpaired) electrons. The third-order valence-electron chi connectivity index (χ3n) is 5.13. The van der Waals surface area contributed by atoms with Gasteiger partial charge >= 0.3 is 6.18 Å². The standard InChI is InChI=1S/C22H20ClF3N4O2/c23-16-4-6-18(7-5-16)32-21-19(13-30-10-8-17(31)9-11-30)28-29-20(27-21)14-2-1-3-15(12-14)22(24,25)26/h1-7,12,17,31H,8-11,13H2. The minimum absolute atomic E-state index is 0.0258. The molecule has 2 heterocycles. The van der Waals surface area contributed by atoms with E-state index in [2.05, 4.69) is 20.1 Å². The van der Waals surface area contributed by atoms with Crippen LogP contribution in [0, 0.1) is 0 Å². The zero-order valence-corrected chi connectivity index (χ0v) is 17.6. The van der Waals surface area contributed by atoms with E-state index in [-0.39, 0.29) is 23.4 Å². The van der Waals surface area contributed by atoms with Crippen LogP contribution in [0.1, 0.15) is 24.1 Å². The summed E-state index contributed by atoms with van der Waals surface area (Å²) in [4.78, 5) is 6.49. The van der Waals surface area contributed by atoms with E-state index >= 15 is 0 Å². The zero-order chi connectivity index (χ0) is 22.7. The number of aliphatic hydroxyl groups is 1. The highest BCUT2D eigenvalue weighted by Crippen LogP contribution is 2.32. The number of rotatable bonds is 5. The second-order valence-corrected chi connectivity index (χ2v) is 7.97. The number of aliphatic hydroxyl groups excluding tert-OH is 1. The Kier molecular flexibility index (Phi) is 6.59. The maximum Gasteiger partial charge on any atom is 0.416 e. The molecule has 1 aliphatic heterocycles. The van der Waals surface area contributed by atoms with Crippen LogP contribution >= 0.6 is 11.6 Å². The lowest BCUT2D eigenvalue weighted by molar-refractivity contribution is -0.137. The van der Waals surface area contributed by atoms with Crippen LogP contribution in [0.2, 0.25) is 5.02 Å². The van der Waals surface area contributed by atoms with Gasteiger partial charge in [-0.3, -0.25) is 4.90 Å². The number of hydrogen-bond acceptors (Lipinski definition) is 6. The SMILES string of the molecule is OC1CCN(Cc2nnc(-c3cccc(C(F)(F)F)c3)nc2Oc2ccc(Cl)cc2)CC1.